The molecular formula is C14H18N2O2. The number of nitrogens with one attached hydrogen (secondary N) is 1. The molecule has 2 rings (SSSR count). The van der Waals surface area contributed by atoms with Crippen LogP contribution in [0.4, 0.5) is 0 Å². The van der Waals surface area contributed by atoms with Crippen LogP contribution in [-0.2, 0) is 0 Å². The first-order chi connectivity index (χ1) is 8.63. The number of Topliss-reactive ketones (excluding diaryl/α,β-unsaturated/α-hetero) is 1. The molecule has 0 heterocycles. The summed E-state index contributed by atoms with van der Waals surface area (Å²) in [6.45, 7) is 1.91. The summed E-state index contributed by atoms with van der Waals surface area (Å²) in [6, 6.07) is 6.89. The van der Waals surface area contributed by atoms with Gasteiger partial charge in [0.1, 0.15) is 0 Å². The average Bonchev–Trinajstić information content (AvgIpc) is 3.19. The normalized spacial score (nSPS) is 16.1. The molecule has 0 spiro atoms. The molecule has 4 heteroatoms. The van der Waals surface area contributed by atoms with Crippen molar-refractivity contribution in [2.45, 2.75) is 25.8 Å². The van der Waals surface area contributed by atoms with Gasteiger partial charge >= 0.3 is 0 Å². The molecule has 3 N–H and O–H groups in total. The highest BCUT2D eigenvalue weighted by molar-refractivity contribution is 6.07. The fourth-order valence-electron chi connectivity index (χ4n) is 2.10. The van der Waals surface area contributed by atoms with Crippen LogP contribution in [0.3, 0.4) is 0 Å². The first-order valence-electron chi connectivity index (χ1n) is 6.24. The Morgan fingerprint density at radius 2 is 1.94 bits per heavy atom. The molecule has 1 aliphatic carbocycles. The van der Waals surface area contributed by atoms with Gasteiger partial charge in [-0.3, -0.25) is 9.59 Å². The highest BCUT2D eigenvalue weighted by Gasteiger charge is 2.31. The van der Waals surface area contributed by atoms with Crippen molar-refractivity contribution in [1.82, 2.24) is 5.32 Å². The van der Waals surface area contributed by atoms with Crippen LogP contribution < -0.4 is 11.1 Å². The van der Waals surface area contributed by atoms with E-state index in [9.17, 15) is 9.59 Å². The number of rotatable bonds is 5. The number of benzene rings is 1. The lowest BCUT2D eigenvalue weighted by molar-refractivity contribution is 0.0921. The van der Waals surface area contributed by atoms with Crippen LogP contribution in [-0.4, -0.2) is 24.3 Å². The summed E-state index contributed by atoms with van der Waals surface area (Å²) in [5.41, 5.74) is 6.55. The van der Waals surface area contributed by atoms with Crippen LogP contribution in [0.1, 0.15) is 40.5 Å². The summed E-state index contributed by atoms with van der Waals surface area (Å²) < 4.78 is 0. The molecule has 0 aliphatic heterocycles. The summed E-state index contributed by atoms with van der Waals surface area (Å²) in [5, 5.41) is 2.92. The van der Waals surface area contributed by atoms with Gasteiger partial charge in [-0.1, -0.05) is 18.2 Å². The number of nitrogens with two attached hydrogens (primary N) is 1. The van der Waals surface area contributed by atoms with Crippen molar-refractivity contribution in [3.63, 3.8) is 0 Å². The van der Waals surface area contributed by atoms with Gasteiger partial charge in [0.25, 0.3) is 5.91 Å². The monoisotopic (exact) mass is 246 g/mol. The Bertz CT molecular complexity index is 467. The molecular weight excluding hydrogens is 228 g/mol. The third-order valence-electron chi connectivity index (χ3n) is 3.31. The van der Waals surface area contributed by atoms with Crippen molar-refractivity contribution in [3.05, 3.63) is 35.4 Å². The maximum atomic E-state index is 12.2. The number of carbonyl (C=O) groups is 2. The number of hydrogen-bond donors (Lipinski definition) is 2. The first kappa shape index (κ1) is 12.8. The molecule has 1 unspecified atom stereocenters. The standard InChI is InChI=1S/C14H18N2O2/c1-9(17)11-4-2-3-5-12(11)14(18)16-13(8-15)10-6-7-10/h2-5,10,13H,6-8,15H2,1H3,(H,16,18). The topological polar surface area (TPSA) is 72.2 Å². The predicted molar refractivity (Wildman–Crippen MR) is 69.5 cm³/mol. The highest BCUT2D eigenvalue weighted by Crippen LogP contribution is 2.32. The molecule has 0 radical (unpaired) electrons. The van der Waals surface area contributed by atoms with Gasteiger partial charge < -0.3 is 11.1 Å². The van der Waals surface area contributed by atoms with Crippen molar-refractivity contribution < 1.29 is 9.59 Å². The van der Waals surface area contributed by atoms with Gasteiger partial charge in [-0.05, 0) is 31.7 Å². The van der Waals surface area contributed by atoms with Crippen LogP contribution >= 0.6 is 0 Å². The zero-order chi connectivity index (χ0) is 13.1. The van der Waals surface area contributed by atoms with Crippen molar-refractivity contribution in [3.8, 4) is 0 Å². The van der Waals surface area contributed by atoms with Gasteiger partial charge in [-0.15, -0.1) is 0 Å². The van der Waals surface area contributed by atoms with Gasteiger partial charge in [0, 0.05) is 18.2 Å². The average molecular weight is 246 g/mol. The van der Waals surface area contributed by atoms with Crippen LogP contribution in [0.5, 0.6) is 0 Å². The molecule has 1 aromatic rings. The van der Waals surface area contributed by atoms with Gasteiger partial charge in [0.2, 0.25) is 0 Å². The van der Waals surface area contributed by atoms with Crippen molar-refractivity contribution >= 4 is 11.7 Å². The van der Waals surface area contributed by atoms with Crippen LogP contribution in [0.25, 0.3) is 0 Å². The Labute approximate surface area is 107 Å². The summed E-state index contributed by atoms with van der Waals surface area (Å²) in [6.07, 6.45) is 2.24. The van der Waals surface area contributed by atoms with E-state index < -0.39 is 0 Å². The quantitative estimate of drug-likeness (QED) is 0.770. The Balaban J connectivity index is 2.15. The fourth-order valence-corrected chi connectivity index (χ4v) is 2.10. The lowest BCUT2D eigenvalue weighted by atomic mass is 10.0. The lowest BCUT2D eigenvalue weighted by Crippen LogP contribution is -2.42. The second-order valence-electron chi connectivity index (χ2n) is 4.75. The van der Waals surface area contributed by atoms with Crippen LogP contribution in [0.15, 0.2) is 24.3 Å². The molecule has 4 nitrogen and oxygen atoms in total. The minimum Gasteiger partial charge on any atom is -0.348 e. The summed E-state index contributed by atoms with van der Waals surface area (Å²) in [5.74, 6) is 0.197. The number of hydrogen-bond acceptors (Lipinski definition) is 3. The van der Waals surface area contributed by atoms with E-state index in [4.69, 9.17) is 5.73 Å². The molecule has 0 bridgehead atoms. The van der Waals surface area contributed by atoms with Crippen LogP contribution in [0, 0.1) is 5.92 Å². The van der Waals surface area contributed by atoms with Crippen LogP contribution in [0.2, 0.25) is 0 Å². The molecule has 18 heavy (non-hydrogen) atoms. The minimum atomic E-state index is -0.205. The largest absolute Gasteiger partial charge is 0.348 e. The Kier molecular flexibility index (Phi) is 3.77. The maximum absolute atomic E-state index is 12.2. The number of amides is 1. The van der Waals surface area contributed by atoms with Gasteiger partial charge in [0.15, 0.2) is 5.78 Å². The summed E-state index contributed by atoms with van der Waals surface area (Å²) >= 11 is 0. The summed E-state index contributed by atoms with van der Waals surface area (Å²) in [7, 11) is 0. The molecule has 0 aromatic heterocycles. The molecule has 1 saturated carbocycles. The predicted octanol–water partition coefficient (Wildman–Crippen LogP) is 1.36. The Morgan fingerprint density at radius 3 is 2.44 bits per heavy atom. The van der Waals surface area contributed by atoms with Gasteiger partial charge in [-0.2, -0.15) is 0 Å². The molecule has 1 atom stereocenters. The minimum absolute atomic E-state index is 0.0255. The maximum Gasteiger partial charge on any atom is 0.252 e. The zero-order valence-corrected chi connectivity index (χ0v) is 10.5. The van der Waals surface area contributed by atoms with Crippen molar-refractivity contribution in [2.24, 2.45) is 11.7 Å². The zero-order valence-electron chi connectivity index (χ0n) is 10.5. The molecule has 1 amide bonds. The smallest absolute Gasteiger partial charge is 0.252 e. The number of ketones is 1. The molecule has 1 aromatic carbocycles. The first-order valence-corrected chi connectivity index (χ1v) is 6.24. The van der Waals surface area contributed by atoms with Crippen molar-refractivity contribution in [2.75, 3.05) is 6.54 Å². The van der Waals surface area contributed by atoms with E-state index in [0.717, 1.165) is 12.8 Å². The van der Waals surface area contributed by atoms with Crippen molar-refractivity contribution in [1.29, 1.82) is 0 Å². The van der Waals surface area contributed by atoms with E-state index in [-0.39, 0.29) is 17.7 Å². The van der Waals surface area contributed by atoms with Gasteiger partial charge in [0.05, 0.1) is 5.56 Å². The molecule has 1 aliphatic rings. The van der Waals surface area contributed by atoms with E-state index in [1.807, 2.05) is 0 Å². The Morgan fingerprint density at radius 1 is 1.33 bits per heavy atom. The third-order valence-corrected chi connectivity index (χ3v) is 3.31. The molecule has 96 valence electrons. The summed E-state index contributed by atoms with van der Waals surface area (Å²) in [4.78, 5) is 23.6. The lowest BCUT2D eigenvalue weighted by Gasteiger charge is -2.16. The third kappa shape index (κ3) is 2.76. The van der Waals surface area contributed by atoms with E-state index >= 15 is 0 Å². The van der Waals surface area contributed by atoms with Gasteiger partial charge in [-0.25, -0.2) is 0 Å². The van der Waals surface area contributed by atoms with E-state index in [0.29, 0.717) is 23.6 Å². The number of carbonyl (C=O) groups excluding carboxylic acids is 2. The SMILES string of the molecule is CC(=O)c1ccccc1C(=O)NC(CN)C1CC1. The Hall–Kier alpha value is -1.68. The highest BCUT2D eigenvalue weighted by atomic mass is 16.2. The van der Waals surface area contributed by atoms with E-state index in [1.165, 1.54) is 6.92 Å². The molecule has 1 fully saturated rings. The fraction of sp³-hybridized carbons (Fsp3) is 0.429. The van der Waals surface area contributed by atoms with E-state index in [2.05, 4.69) is 5.32 Å². The second-order valence-corrected chi connectivity index (χ2v) is 4.75. The van der Waals surface area contributed by atoms with E-state index in [1.54, 1.807) is 24.3 Å². The molecule has 0 saturated heterocycles. The second kappa shape index (κ2) is 5.31.